The summed E-state index contributed by atoms with van der Waals surface area (Å²) >= 11 is 3.41. The van der Waals surface area contributed by atoms with E-state index in [4.69, 9.17) is 10.5 Å². The first-order valence-corrected chi connectivity index (χ1v) is 6.92. The van der Waals surface area contributed by atoms with Gasteiger partial charge in [0.1, 0.15) is 17.2 Å². The van der Waals surface area contributed by atoms with Gasteiger partial charge in [-0.3, -0.25) is 0 Å². The number of nitrogen functional groups attached to an aromatic ring is 1. The normalized spacial score (nSPS) is 10.3. The second-order valence-corrected chi connectivity index (χ2v) is 5.03. The molecular formula is C14H14BrN3O2. The van der Waals surface area contributed by atoms with Crippen LogP contribution >= 0.6 is 15.9 Å². The summed E-state index contributed by atoms with van der Waals surface area (Å²) < 4.78 is 5.87. The van der Waals surface area contributed by atoms with Crippen LogP contribution < -0.4 is 5.73 Å². The molecule has 0 aliphatic heterocycles. The Morgan fingerprint density at radius 3 is 2.90 bits per heavy atom. The Kier molecular flexibility index (Phi) is 4.68. The first kappa shape index (κ1) is 14.5. The quantitative estimate of drug-likeness (QED) is 0.869. The molecule has 0 radical (unpaired) electrons. The molecule has 1 aromatic carbocycles. The molecule has 0 saturated carbocycles. The van der Waals surface area contributed by atoms with Gasteiger partial charge in [0.05, 0.1) is 6.61 Å². The highest BCUT2D eigenvalue weighted by atomic mass is 79.9. The summed E-state index contributed by atoms with van der Waals surface area (Å²) in [4.78, 5) is 19.9. The minimum absolute atomic E-state index is 0.142. The first-order chi connectivity index (χ1) is 9.60. The van der Waals surface area contributed by atoms with Gasteiger partial charge >= 0.3 is 5.97 Å². The molecule has 0 fully saturated rings. The molecule has 0 amide bonds. The number of halogens is 1. The van der Waals surface area contributed by atoms with E-state index in [0.29, 0.717) is 12.2 Å². The van der Waals surface area contributed by atoms with E-state index in [1.165, 1.54) is 6.20 Å². The van der Waals surface area contributed by atoms with Crippen molar-refractivity contribution < 1.29 is 9.53 Å². The molecule has 0 atom stereocenters. The van der Waals surface area contributed by atoms with E-state index < -0.39 is 5.97 Å². The average Bonchev–Trinajstić information content (AvgIpc) is 2.39. The van der Waals surface area contributed by atoms with Crippen LogP contribution in [-0.4, -0.2) is 22.5 Å². The zero-order chi connectivity index (χ0) is 14.5. The number of nitrogens with two attached hydrogens (primary N) is 1. The lowest BCUT2D eigenvalue weighted by Gasteiger charge is -2.06. The number of hydrogen-bond acceptors (Lipinski definition) is 5. The van der Waals surface area contributed by atoms with Gasteiger partial charge < -0.3 is 10.5 Å². The van der Waals surface area contributed by atoms with Crippen molar-refractivity contribution in [3.8, 4) is 0 Å². The molecule has 1 aromatic heterocycles. The summed E-state index contributed by atoms with van der Waals surface area (Å²) in [5.74, 6) is 0.205. The number of anilines is 1. The Bertz CT molecular complexity index is 632. The van der Waals surface area contributed by atoms with Gasteiger partial charge in [0.25, 0.3) is 0 Å². The predicted octanol–water partition coefficient (Wildman–Crippen LogP) is 2.59. The van der Waals surface area contributed by atoms with Gasteiger partial charge in [0.2, 0.25) is 0 Å². The van der Waals surface area contributed by atoms with Gasteiger partial charge in [-0.05, 0) is 24.6 Å². The Hall–Kier alpha value is -1.95. The largest absolute Gasteiger partial charge is 0.462 e. The van der Waals surface area contributed by atoms with Crippen LogP contribution in [0.15, 0.2) is 34.9 Å². The van der Waals surface area contributed by atoms with Crippen LogP contribution in [0.3, 0.4) is 0 Å². The van der Waals surface area contributed by atoms with E-state index in [1.54, 1.807) is 6.92 Å². The van der Waals surface area contributed by atoms with Crippen LogP contribution in [0.5, 0.6) is 0 Å². The number of ether oxygens (including phenoxy) is 1. The lowest BCUT2D eigenvalue weighted by Crippen LogP contribution is -2.12. The summed E-state index contributed by atoms with van der Waals surface area (Å²) in [6.45, 7) is 2.02. The molecular weight excluding hydrogens is 322 g/mol. The highest BCUT2D eigenvalue weighted by Crippen LogP contribution is 2.15. The Balaban J connectivity index is 2.19. The van der Waals surface area contributed by atoms with Crippen molar-refractivity contribution in [3.63, 3.8) is 0 Å². The number of rotatable bonds is 4. The maximum atomic E-state index is 11.6. The highest BCUT2D eigenvalue weighted by Gasteiger charge is 2.13. The molecule has 2 N–H and O–H groups in total. The number of aromatic nitrogens is 2. The van der Waals surface area contributed by atoms with E-state index in [0.717, 1.165) is 10.0 Å². The minimum Gasteiger partial charge on any atom is -0.462 e. The maximum Gasteiger partial charge on any atom is 0.343 e. The van der Waals surface area contributed by atoms with Crippen LogP contribution in [0.2, 0.25) is 0 Å². The molecule has 2 aromatic rings. The molecule has 20 heavy (non-hydrogen) atoms. The summed E-state index contributed by atoms with van der Waals surface area (Å²) in [7, 11) is 0. The van der Waals surface area contributed by atoms with Crippen molar-refractivity contribution in [3.05, 3.63) is 51.9 Å². The molecule has 0 aliphatic rings. The molecule has 0 bridgehead atoms. The number of benzene rings is 1. The number of carbonyl (C=O) groups is 1. The van der Waals surface area contributed by atoms with Crippen molar-refractivity contribution >= 4 is 27.7 Å². The monoisotopic (exact) mass is 335 g/mol. The second kappa shape index (κ2) is 6.47. The van der Waals surface area contributed by atoms with Crippen LogP contribution in [0.25, 0.3) is 0 Å². The molecule has 0 spiro atoms. The van der Waals surface area contributed by atoms with E-state index in [9.17, 15) is 4.79 Å². The third kappa shape index (κ3) is 3.54. The SMILES string of the molecule is CCOC(=O)c1cnc(Cc2cccc(Br)c2)nc1N. The topological polar surface area (TPSA) is 78.1 Å². The van der Waals surface area contributed by atoms with Crippen molar-refractivity contribution in [2.75, 3.05) is 12.3 Å². The van der Waals surface area contributed by atoms with Gasteiger partial charge in [0, 0.05) is 17.1 Å². The van der Waals surface area contributed by atoms with Gasteiger partial charge in [-0.1, -0.05) is 28.1 Å². The van der Waals surface area contributed by atoms with Gasteiger partial charge in [-0.25, -0.2) is 14.8 Å². The highest BCUT2D eigenvalue weighted by molar-refractivity contribution is 9.10. The van der Waals surface area contributed by atoms with E-state index >= 15 is 0 Å². The zero-order valence-electron chi connectivity index (χ0n) is 11.0. The number of carbonyl (C=O) groups excluding carboxylic acids is 1. The molecule has 1 heterocycles. The molecule has 5 nitrogen and oxygen atoms in total. The fraction of sp³-hybridized carbons (Fsp3) is 0.214. The van der Waals surface area contributed by atoms with Crippen molar-refractivity contribution in [2.45, 2.75) is 13.3 Å². The standard InChI is InChI=1S/C14H14BrN3O2/c1-2-20-14(19)11-8-17-12(18-13(11)16)7-9-4-3-5-10(15)6-9/h3-6,8H,2,7H2,1H3,(H2,16,17,18). The van der Waals surface area contributed by atoms with Crippen LogP contribution in [0.1, 0.15) is 28.7 Å². The molecule has 2 rings (SSSR count). The predicted molar refractivity (Wildman–Crippen MR) is 79.3 cm³/mol. The van der Waals surface area contributed by atoms with Crippen molar-refractivity contribution in [2.24, 2.45) is 0 Å². The van der Waals surface area contributed by atoms with Gasteiger partial charge in [0.15, 0.2) is 0 Å². The van der Waals surface area contributed by atoms with E-state index in [-0.39, 0.29) is 18.0 Å². The van der Waals surface area contributed by atoms with Crippen LogP contribution in [0.4, 0.5) is 5.82 Å². The fourth-order valence-electron chi connectivity index (χ4n) is 1.71. The molecule has 0 unspecified atom stereocenters. The van der Waals surface area contributed by atoms with Crippen molar-refractivity contribution in [1.82, 2.24) is 9.97 Å². The summed E-state index contributed by atoms with van der Waals surface area (Å²) in [6, 6.07) is 7.85. The number of hydrogen-bond donors (Lipinski definition) is 1. The van der Waals surface area contributed by atoms with Crippen LogP contribution in [-0.2, 0) is 11.2 Å². The molecule has 0 aliphatic carbocycles. The lowest BCUT2D eigenvalue weighted by molar-refractivity contribution is 0.0526. The lowest BCUT2D eigenvalue weighted by atomic mass is 10.1. The van der Waals surface area contributed by atoms with Gasteiger partial charge in [-0.2, -0.15) is 0 Å². The van der Waals surface area contributed by atoms with E-state index in [1.807, 2.05) is 24.3 Å². The third-order valence-corrected chi connectivity index (χ3v) is 3.11. The number of esters is 1. The Labute approximate surface area is 125 Å². The minimum atomic E-state index is -0.501. The summed E-state index contributed by atoms with van der Waals surface area (Å²) in [6.07, 6.45) is 1.96. The third-order valence-electron chi connectivity index (χ3n) is 2.61. The van der Waals surface area contributed by atoms with Crippen molar-refractivity contribution in [1.29, 1.82) is 0 Å². The zero-order valence-corrected chi connectivity index (χ0v) is 12.6. The smallest absolute Gasteiger partial charge is 0.343 e. The first-order valence-electron chi connectivity index (χ1n) is 6.13. The molecule has 0 saturated heterocycles. The number of nitrogens with zero attached hydrogens (tertiary/aromatic N) is 2. The maximum absolute atomic E-state index is 11.6. The van der Waals surface area contributed by atoms with E-state index in [2.05, 4.69) is 25.9 Å². The summed E-state index contributed by atoms with van der Waals surface area (Å²) in [5, 5.41) is 0. The Morgan fingerprint density at radius 2 is 2.25 bits per heavy atom. The average molecular weight is 336 g/mol. The molecule has 6 heteroatoms. The summed E-state index contributed by atoms with van der Waals surface area (Å²) in [5.41, 5.74) is 7.03. The second-order valence-electron chi connectivity index (χ2n) is 4.11. The van der Waals surface area contributed by atoms with Crippen LogP contribution in [0, 0.1) is 0 Å². The Morgan fingerprint density at radius 1 is 1.45 bits per heavy atom. The fourth-order valence-corrected chi connectivity index (χ4v) is 2.16. The molecule has 104 valence electrons. The van der Waals surface area contributed by atoms with Gasteiger partial charge in [-0.15, -0.1) is 0 Å².